The SMILES string of the molecule is O=C(NCC#Cc1ccccc1)c1ccc(NC(=O)c2ccccc2)cc1. The standard InChI is InChI=1S/C23H18N2O2/c26-22(24-17-7-10-18-8-3-1-4-9-18)20-13-15-21(16-14-20)25-23(27)19-11-5-2-6-12-19/h1-6,8-9,11-16H,17H2,(H,24,26)(H,25,27). The smallest absolute Gasteiger partial charge is 0.255 e. The fourth-order valence-electron chi connectivity index (χ4n) is 2.39. The number of rotatable bonds is 4. The fraction of sp³-hybridized carbons (Fsp3) is 0.0435. The van der Waals surface area contributed by atoms with Crippen molar-refractivity contribution in [1.82, 2.24) is 5.32 Å². The molecule has 0 heterocycles. The molecule has 0 unspecified atom stereocenters. The normalized spacial score (nSPS) is 9.63. The Kier molecular flexibility index (Phi) is 6.00. The molecule has 3 aromatic carbocycles. The zero-order valence-corrected chi connectivity index (χ0v) is 14.6. The van der Waals surface area contributed by atoms with Gasteiger partial charge in [-0.05, 0) is 48.5 Å². The average Bonchev–Trinajstić information content (AvgIpc) is 2.73. The predicted molar refractivity (Wildman–Crippen MR) is 106 cm³/mol. The Hall–Kier alpha value is -3.84. The van der Waals surface area contributed by atoms with E-state index in [9.17, 15) is 9.59 Å². The molecule has 0 aromatic heterocycles. The lowest BCUT2D eigenvalue weighted by molar-refractivity contribution is 0.0958. The van der Waals surface area contributed by atoms with Gasteiger partial charge in [0, 0.05) is 22.4 Å². The summed E-state index contributed by atoms with van der Waals surface area (Å²) in [7, 11) is 0. The summed E-state index contributed by atoms with van der Waals surface area (Å²) in [5.74, 6) is 5.50. The van der Waals surface area contributed by atoms with Gasteiger partial charge in [-0.3, -0.25) is 9.59 Å². The van der Waals surface area contributed by atoms with E-state index in [4.69, 9.17) is 0 Å². The van der Waals surface area contributed by atoms with Crippen molar-refractivity contribution < 1.29 is 9.59 Å². The first-order valence-corrected chi connectivity index (χ1v) is 8.51. The molecule has 3 aromatic rings. The topological polar surface area (TPSA) is 58.2 Å². The first-order chi connectivity index (χ1) is 13.2. The molecule has 0 saturated heterocycles. The van der Waals surface area contributed by atoms with Gasteiger partial charge in [-0.2, -0.15) is 0 Å². The summed E-state index contributed by atoms with van der Waals surface area (Å²) in [6.07, 6.45) is 0. The van der Waals surface area contributed by atoms with Crippen molar-refractivity contribution >= 4 is 17.5 Å². The molecule has 0 spiro atoms. The summed E-state index contributed by atoms with van der Waals surface area (Å²) in [5.41, 5.74) is 2.63. The highest BCUT2D eigenvalue weighted by Gasteiger charge is 2.07. The Morgan fingerprint density at radius 1 is 0.704 bits per heavy atom. The van der Waals surface area contributed by atoms with Gasteiger partial charge in [0.15, 0.2) is 0 Å². The maximum Gasteiger partial charge on any atom is 0.255 e. The van der Waals surface area contributed by atoms with Gasteiger partial charge in [-0.15, -0.1) is 0 Å². The Morgan fingerprint density at radius 3 is 1.96 bits per heavy atom. The van der Waals surface area contributed by atoms with Gasteiger partial charge >= 0.3 is 0 Å². The minimum Gasteiger partial charge on any atom is -0.341 e. The minimum absolute atomic E-state index is 0.191. The van der Waals surface area contributed by atoms with Gasteiger partial charge in [-0.25, -0.2) is 0 Å². The van der Waals surface area contributed by atoms with E-state index in [1.807, 2.05) is 48.5 Å². The Labute approximate surface area is 158 Å². The molecule has 0 aliphatic carbocycles. The van der Waals surface area contributed by atoms with Crippen molar-refractivity contribution in [3.8, 4) is 11.8 Å². The summed E-state index contributed by atoms with van der Waals surface area (Å²) in [4.78, 5) is 24.3. The van der Waals surface area contributed by atoms with Crippen LogP contribution in [0.5, 0.6) is 0 Å². The van der Waals surface area contributed by atoms with E-state index in [1.54, 1.807) is 36.4 Å². The van der Waals surface area contributed by atoms with Crippen LogP contribution in [-0.2, 0) is 0 Å². The minimum atomic E-state index is -0.210. The molecular weight excluding hydrogens is 336 g/mol. The molecule has 0 fully saturated rings. The number of carbonyl (C=O) groups is 2. The molecule has 3 rings (SSSR count). The second kappa shape index (κ2) is 9.02. The van der Waals surface area contributed by atoms with Crippen LogP contribution < -0.4 is 10.6 Å². The summed E-state index contributed by atoms with van der Waals surface area (Å²) < 4.78 is 0. The molecule has 27 heavy (non-hydrogen) atoms. The van der Waals surface area contributed by atoms with Gasteiger partial charge in [0.05, 0.1) is 6.54 Å². The zero-order chi connectivity index (χ0) is 18.9. The Bertz CT molecular complexity index is 970. The highest BCUT2D eigenvalue weighted by atomic mass is 16.2. The van der Waals surface area contributed by atoms with E-state index < -0.39 is 0 Å². The molecule has 0 aliphatic rings. The van der Waals surface area contributed by atoms with Crippen molar-refractivity contribution in [3.63, 3.8) is 0 Å². The second-order valence-electron chi connectivity index (χ2n) is 5.75. The lowest BCUT2D eigenvalue weighted by Crippen LogP contribution is -2.23. The lowest BCUT2D eigenvalue weighted by atomic mass is 10.1. The molecule has 2 N–H and O–H groups in total. The zero-order valence-electron chi connectivity index (χ0n) is 14.6. The third-order valence-corrected chi connectivity index (χ3v) is 3.78. The maximum absolute atomic E-state index is 12.1. The van der Waals surface area contributed by atoms with E-state index in [0.29, 0.717) is 16.8 Å². The van der Waals surface area contributed by atoms with Crippen LogP contribution in [0.15, 0.2) is 84.9 Å². The summed E-state index contributed by atoms with van der Waals surface area (Å²) >= 11 is 0. The number of hydrogen-bond acceptors (Lipinski definition) is 2. The lowest BCUT2D eigenvalue weighted by Gasteiger charge is -2.06. The molecule has 0 aliphatic heterocycles. The molecule has 0 bridgehead atoms. The van der Waals surface area contributed by atoms with Crippen LogP contribution in [0.4, 0.5) is 5.69 Å². The summed E-state index contributed by atoms with van der Waals surface area (Å²) in [5, 5.41) is 5.56. The molecule has 4 nitrogen and oxygen atoms in total. The predicted octanol–water partition coefficient (Wildman–Crippen LogP) is 3.72. The number of amides is 2. The number of benzene rings is 3. The first-order valence-electron chi connectivity index (χ1n) is 8.51. The van der Waals surface area contributed by atoms with Crippen LogP contribution in [0, 0.1) is 11.8 Å². The molecule has 0 radical (unpaired) electrons. The van der Waals surface area contributed by atoms with Crippen molar-refractivity contribution in [1.29, 1.82) is 0 Å². The Balaban J connectivity index is 1.53. The van der Waals surface area contributed by atoms with Crippen LogP contribution in [0.25, 0.3) is 0 Å². The molecule has 0 saturated carbocycles. The van der Waals surface area contributed by atoms with Crippen molar-refractivity contribution in [2.24, 2.45) is 0 Å². The van der Waals surface area contributed by atoms with Gasteiger partial charge in [0.1, 0.15) is 0 Å². The van der Waals surface area contributed by atoms with Crippen LogP contribution in [-0.4, -0.2) is 18.4 Å². The Morgan fingerprint density at radius 2 is 1.30 bits per heavy atom. The highest BCUT2D eigenvalue weighted by Crippen LogP contribution is 2.11. The van der Waals surface area contributed by atoms with Crippen molar-refractivity contribution in [3.05, 3.63) is 102 Å². The number of anilines is 1. The van der Waals surface area contributed by atoms with Crippen molar-refractivity contribution in [2.45, 2.75) is 0 Å². The van der Waals surface area contributed by atoms with Crippen LogP contribution in [0.2, 0.25) is 0 Å². The summed E-state index contributed by atoms with van der Waals surface area (Å²) in [6.45, 7) is 0.264. The first kappa shape index (κ1) is 18.0. The molecule has 132 valence electrons. The average molecular weight is 354 g/mol. The van der Waals surface area contributed by atoms with E-state index >= 15 is 0 Å². The van der Waals surface area contributed by atoms with Gasteiger partial charge < -0.3 is 10.6 Å². The fourth-order valence-corrected chi connectivity index (χ4v) is 2.39. The van der Waals surface area contributed by atoms with Crippen molar-refractivity contribution in [2.75, 3.05) is 11.9 Å². The van der Waals surface area contributed by atoms with Gasteiger partial charge in [-0.1, -0.05) is 48.2 Å². The third kappa shape index (κ3) is 5.32. The van der Waals surface area contributed by atoms with Gasteiger partial charge in [0.2, 0.25) is 0 Å². The van der Waals surface area contributed by atoms with E-state index in [-0.39, 0.29) is 18.4 Å². The molecule has 4 heteroatoms. The van der Waals surface area contributed by atoms with Gasteiger partial charge in [0.25, 0.3) is 11.8 Å². The summed E-state index contributed by atoms with van der Waals surface area (Å²) in [6, 6.07) is 25.3. The highest BCUT2D eigenvalue weighted by molar-refractivity contribution is 6.04. The number of nitrogens with one attached hydrogen (secondary N) is 2. The van der Waals surface area contributed by atoms with Crippen LogP contribution in [0.1, 0.15) is 26.3 Å². The largest absolute Gasteiger partial charge is 0.341 e. The number of hydrogen-bond donors (Lipinski definition) is 2. The molecule has 2 amide bonds. The second-order valence-corrected chi connectivity index (χ2v) is 5.75. The van der Waals surface area contributed by atoms with E-state index in [2.05, 4.69) is 22.5 Å². The maximum atomic E-state index is 12.1. The third-order valence-electron chi connectivity index (χ3n) is 3.78. The van der Waals surface area contributed by atoms with Crippen LogP contribution in [0.3, 0.4) is 0 Å². The molecular formula is C23H18N2O2. The van der Waals surface area contributed by atoms with E-state index in [0.717, 1.165) is 5.56 Å². The van der Waals surface area contributed by atoms with Crippen LogP contribution >= 0.6 is 0 Å². The monoisotopic (exact) mass is 354 g/mol. The quantitative estimate of drug-likeness (QED) is 0.702. The number of carbonyl (C=O) groups excluding carboxylic acids is 2. The molecule has 0 atom stereocenters. The van der Waals surface area contributed by atoms with E-state index in [1.165, 1.54) is 0 Å².